The molecule has 0 bridgehead atoms. The van der Waals surface area contributed by atoms with Gasteiger partial charge in [-0.2, -0.15) is 0 Å². The molecule has 27 heavy (non-hydrogen) atoms. The van der Waals surface area contributed by atoms with Gasteiger partial charge in [0.25, 0.3) is 0 Å². The average Bonchev–Trinajstić information content (AvgIpc) is 2.64. The molecular weight excluding hydrogens is 536 g/mol. The van der Waals surface area contributed by atoms with E-state index in [-0.39, 0.29) is 33.9 Å². The molecule has 4 heteroatoms. The predicted octanol–water partition coefficient (Wildman–Crippen LogP) is 6.83. The minimum Gasteiger partial charge on any atom is -0.334 e. The van der Waals surface area contributed by atoms with E-state index in [0.717, 1.165) is 6.42 Å². The summed E-state index contributed by atoms with van der Waals surface area (Å²) in [5, 5.41) is 0. The standard InChI is InChI=1S/C18H33P.C5H7O2.Au/c1-4-10-16(11-5-1)19(17-12-6-2-7-13-17)18-14-8-3-9-15-18;1-4(6)3-5(2)7;/h16-18H,1-15H2;3H,1-2H3;/q;-1;+1. The Morgan fingerprint density at radius 1 is 0.593 bits per heavy atom. The summed E-state index contributed by atoms with van der Waals surface area (Å²) in [5.41, 5.74) is 3.57. The summed E-state index contributed by atoms with van der Waals surface area (Å²) >= 11 is 0. The van der Waals surface area contributed by atoms with Gasteiger partial charge < -0.3 is 9.59 Å². The molecule has 0 saturated heterocycles. The second-order valence-corrected chi connectivity index (χ2v) is 11.8. The Balaban J connectivity index is 0.000000395. The summed E-state index contributed by atoms with van der Waals surface area (Å²) in [6, 6.07) is 0. The summed E-state index contributed by atoms with van der Waals surface area (Å²) in [6.45, 7) is 2.70. The maximum atomic E-state index is 9.98. The van der Waals surface area contributed by atoms with Crippen LogP contribution in [0.2, 0.25) is 0 Å². The molecule has 0 N–H and O–H groups in total. The van der Waals surface area contributed by atoms with Gasteiger partial charge in [-0.05, 0) is 69.3 Å². The fourth-order valence-corrected chi connectivity index (χ4v) is 9.99. The fourth-order valence-electron chi connectivity index (χ4n) is 5.32. The summed E-state index contributed by atoms with van der Waals surface area (Å²) in [6.07, 6.45) is 24.7. The number of rotatable bonds is 5. The Hall–Kier alpha value is 0.380. The van der Waals surface area contributed by atoms with Crippen molar-refractivity contribution in [2.75, 3.05) is 0 Å². The van der Waals surface area contributed by atoms with Crippen molar-refractivity contribution in [3.63, 3.8) is 0 Å². The number of ketones is 2. The fraction of sp³-hybridized carbons (Fsp3) is 0.870. The van der Waals surface area contributed by atoms with Crippen molar-refractivity contribution in [1.29, 1.82) is 0 Å². The minimum atomic E-state index is -0.187. The molecule has 0 atom stereocenters. The van der Waals surface area contributed by atoms with Gasteiger partial charge in [0.2, 0.25) is 0 Å². The number of hydrogen-bond acceptors (Lipinski definition) is 2. The molecule has 3 saturated carbocycles. The van der Waals surface area contributed by atoms with Crippen molar-refractivity contribution in [2.45, 2.75) is 127 Å². The van der Waals surface area contributed by atoms with Gasteiger partial charge in [-0.3, -0.25) is 6.42 Å². The van der Waals surface area contributed by atoms with E-state index < -0.39 is 0 Å². The van der Waals surface area contributed by atoms with Crippen LogP contribution in [0.4, 0.5) is 0 Å². The first-order chi connectivity index (χ1) is 12.6. The normalized spacial score (nSPS) is 22.3. The van der Waals surface area contributed by atoms with E-state index >= 15 is 0 Å². The first kappa shape index (κ1) is 25.4. The first-order valence-electron chi connectivity index (χ1n) is 11.2. The van der Waals surface area contributed by atoms with Crippen LogP contribution in [0.1, 0.15) is 110 Å². The molecule has 3 aliphatic carbocycles. The first-order valence-corrected chi connectivity index (χ1v) is 12.8. The Morgan fingerprint density at radius 3 is 1.04 bits per heavy atom. The van der Waals surface area contributed by atoms with Crippen LogP contribution in [0.15, 0.2) is 0 Å². The zero-order valence-electron chi connectivity index (χ0n) is 17.5. The smallest absolute Gasteiger partial charge is 0.334 e. The van der Waals surface area contributed by atoms with Crippen molar-refractivity contribution in [3.8, 4) is 0 Å². The van der Waals surface area contributed by atoms with E-state index in [1.165, 1.54) is 50.1 Å². The van der Waals surface area contributed by atoms with Gasteiger partial charge in [-0.25, -0.2) is 0 Å². The van der Waals surface area contributed by atoms with Gasteiger partial charge in [-0.1, -0.05) is 65.7 Å². The van der Waals surface area contributed by atoms with E-state index in [9.17, 15) is 9.59 Å². The average molecular weight is 577 g/mol. The van der Waals surface area contributed by atoms with E-state index in [1.807, 2.05) is 0 Å². The Kier molecular flexibility index (Phi) is 13.5. The van der Waals surface area contributed by atoms with E-state index in [1.54, 1.807) is 77.0 Å². The number of carbonyl (C=O) groups excluding carboxylic acids is 2. The van der Waals surface area contributed by atoms with Crippen molar-refractivity contribution in [2.24, 2.45) is 0 Å². The molecule has 0 radical (unpaired) electrons. The van der Waals surface area contributed by atoms with Crippen LogP contribution in [0, 0.1) is 6.42 Å². The summed E-state index contributed by atoms with van der Waals surface area (Å²) in [4.78, 5) is 20.0. The van der Waals surface area contributed by atoms with Crippen LogP contribution in [-0.2, 0) is 32.0 Å². The molecule has 0 aromatic carbocycles. The molecule has 3 rings (SSSR count). The van der Waals surface area contributed by atoms with Crippen LogP contribution in [0.3, 0.4) is 0 Å². The predicted molar refractivity (Wildman–Crippen MR) is 113 cm³/mol. The molecule has 0 unspecified atom stereocenters. The molecule has 3 fully saturated rings. The summed E-state index contributed by atoms with van der Waals surface area (Å²) < 4.78 is 0. The number of hydrogen-bond donors (Lipinski definition) is 0. The van der Waals surface area contributed by atoms with E-state index in [0.29, 0.717) is 7.92 Å². The Bertz CT molecular complexity index is 367. The summed E-state index contributed by atoms with van der Waals surface area (Å²) in [7, 11) is 0.385. The molecule has 0 heterocycles. The van der Waals surface area contributed by atoms with Crippen molar-refractivity contribution < 1.29 is 32.0 Å². The third-order valence-corrected chi connectivity index (χ3v) is 10.5. The number of Topliss-reactive ketones (excluding diaryl/α,β-unsaturated/α-hetero) is 2. The van der Waals surface area contributed by atoms with Crippen LogP contribution in [-0.4, -0.2) is 28.5 Å². The molecule has 0 aliphatic heterocycles. The van der Waals surface area contributed by atoms with Crippen LogP contribution < -0.4 is 0 Å². The minimum absolute atomic E-state index is 0. The maximum absolute atomic E-state index is 9.98. The molecule has 0 amide bonds. The SMILES string of the molecule is C1CCC(P(C2CCCCC2)C2CCCCC2)CC1.CC(=O)[CH-]C(C)=O.[Au+]. The van der Waals surface area contributed by atoms with Crippen LogP contribution in [0.5, 0.6) is 0 Å². The topological polar surface area (TPSA) is 34.1 Å². The molecule has 2 nitrogen and oxygen atoms in total. The molecule has 0 aromatic heterocycles. The summed E-state index contributed by atoms with van der Waals surface area (Å²) in [5.74, 6) is -0.375. The van der Waals surface area contributed by atoms with Crippen LogP contribution >= 0.6 is 7.92 Å². The molecular formula is C23H40AuO2P. The molecule has 160 valence electrons. The monoisotopic (exact) mass is 576 g/mol. The van der Waals surface area contributed by atoms with Crippen molar-refractivity contribution in [3.05, 3.63) is 6.42 Å². The maximum Gasteiger partial charge on any atom is 1.00 e. The Labute approximate surface area is 184 Å². The largest absolute Gasteiger partial charge is 1.00 e. The van der Waals surface area contributed by atoms with E-state index in [4.69, 9.17) is 0 Å². The second-order valence-electron chi connectivity index (χ2n) is 8.69. The van der Waals surface area contributed by atoms with Gasteiger partial charge >= 0.3 is 22.4 Å². The van der Waals surface area contributed by atoms with Gasteiger partial charge in [-0.15, -0.1) is 0 Å². The van der Waals surface area contributed by atoms with Gasteiger partial charge in [0.15, 0.2) is 0 Å². The van der Waals surface area contributed by atoms with Crippen molar-refractivity contribution >= 4 is 19.5 Å². The quantitative estimate of drug-likeness (QED) is 0.156. The zero-order valence-corrected chi connectivity index (χ0v) is 20.5. The van der Waals surface area contributed by atoms with Gasteiger partial charge in [0.05, 0.1) is 0 Å². The third kappa shape index (κ3) is 9.62. The second kappa shape index (κ2) is 14.4. The molecule has 0 aromatic rings. The molecule has 3 aliphatic rings. The van der Waals surface area contributed by atoms with Crippen LogP contribution in [0.25, 0.3) is 0 Å². The molecule has 0 spiro atoms. The number of carbonyl (C=O) groups is 2. The van der Waals surface area contributed by atoms with E-state index in [2.05, 4.69) is 0 Å². The zero-order chi connectivity index (χ0) is 18.8. The Morgan fingerprint density at radius 2 is 0.852 bits per heavy atom. The van der Waals surface area contributed by atoms with Crippen molar-refractivity contribution in [1.82, 2.24) is 0 Å². The van der Waals surface area contributed by atoms with Gasteiger partial charge in [0, 0.05) is 11.6 Å². The third-order valence-electron chi connectivity index (χ3n) is 6.40. The van der Waals surface area contributed by atoms with Gasteiger partial charge in [0.1, 0.15) is 0 Å².